The Labute approximate surface area is 129 Å². The van der Waals surface area contributed by atoms with E-state index < -0.39 is 0 Å². The van der Waals surface area contributed by atoms with E-state index in [0.717, 1.165) is 24.8 Å². The summed E-state index contributed by atoms with van der Waals surface area (Å²) in [6, 6.07) is 5.56. The van der Waals surface area contributed by atoms with Crippen molar-refractivity contribution in [3.8, 4) is 0 Å². The second kappa shape index (κ2) is 7.30. The van der Waals surface area contributed by atoms with Crippen molar-refractivity contribution in [2.24, 2.45) is 17.6 Å². The molecule has 0 spiro atoms. The topological polar surface area (TPSA) is 55.1 Å². The van der Waals surface area contributed by atoms with Crippen LogP contribution in [0.25, 0.3) is 0 Å². The summed E-state index contributed by atoms with van der Waals surface area (Å²) in [5, 5.41) is 4.11. The molecule has 5 heteroatoms. The van der Waals surface area contributed by atoms with Crippen molar-refractivity contribution < 1.29 is 4.79 Å². The zero-order valence-electron chi connectivity index (χ0n) is 11.4. The number of rotatable bonds is 5. The minimum atomic E-state index is 0.0785. The average Bonchev–Trinajstić information content (AvgIpc) is 2.92. The van der Waals surface area contributed by atoms with Crippen LogP contribution < -0.4 is 11.1 Å². The molecule has 110 valence electrons. The molecule has 1 aromatic rings. The molecule has 1 aromatic carbocycles. The Morgan fingerprint density at radius 1 is 1.35 bits per heavy atom. The van der Waals surface area contributed by atoms with E-state index >= 15 is 0 Å². The summed E-state index contributed by atoms with van der Waals surface area (Å²) in [6.45, 7) is 1.17. The predicted molar refractivity (Wildman–Crippen MR) is 83.1 cm³/mol. The van der Waals surface area contributed by atoms with Gasteiger partial charge in [0.25, 0.3) is 0 Å². The quantitative estimate of drug-likeness (QED) is 0.877. The van der Waals surface area contributed by atoms with E-state index in [4.69, 9.17) is 28.9 Å². The molecular formula is C15H20Cl2N2O. The van der Waals surface area contributed by atoms with Gasteiger partial charge in [-0.25, -0.2) is 0 Å². The van der Waals surface area contributed by atoms with E-state index in [1.165, 1.54) is 0 Å². The zero-order valence-corrected chi connectivity index (χ0v) is 12.9. The van der Waals surface area contributed by atoms with Crippen LogP contribution in [0.5, 0.6) is 0 Å². The van der Waals surface area contributed by atoms with Gasteiger partial charge in [-0.3, -0.25) is 4.79 Å². The minimum Gasteiger partial charge on any atom is -0.356 e. The summed E-state index contributed by atoms with van der Waals surface area (Å²) >= 11 is 12.1. The Bertz CT molecular complexity index is 479. The minimum absolute atomic E-state index is 0.0785. The Morgan fingerprint density at radius 3 is 2.90 bits per heavy atom. The van der Waals surface area contributed by atoms with Gasteiger partial charge in [-0.1, -0.05) is 41.8 Å². The lowest BCUT2D eigenvalue weighted by Gasteiger charge is -2.17. The number of nitrogens with one attached hydrogen (secondary N) is 1. The highest BCUT2D eigenvalue weighted by Gasteiger charge is 2.31. The molecule has 0 saturated heterocycles. The van der Waals surface area contributed by atoms with Crippen LogP contribution >= 0.6 is 23.2 Å². The monoisotopic (exact) mass is 314 g/mol. The fourth-order valence-electron chi connectivity index (χ4n) is 2.86. The van der Waals surface area contributed by atoms with Crippen LogP contribution in [0.4, 0.5) is 0 Å². The molecule has 0 radical (unpaired) electrons. The Morgan fingerprint density at radius 2 is 2.15 bits per heavy atom. The number of carbonyl (C=O) groups is 1. The van der Waals surface area contributed by atoms with Gasteiger partial charge in [-0.15, -0.1) is 0 Å². The smallest absolute Gasteiger partial charge is 0.223 e. The summed E-state index contributed by atoms with van der Waals surface area (Å²) < 4.78 is 0. The standard InChI is InChI=1S/C15H20Cl2N2O/c16-13-6-2-3-10(14(13)17)7-8-19-15(20)12-5-1-4-11(12)9-18/h2-3,6,11-12H,1,4-5,7-9,18H2,(H,19,20)/t11-,12-/m1/s1. The molecule has 0 heterocycles. The van der Waals surface area contributed by atoms with Gasteiger partial charge >= 0.3 is 0 Å². The highest BCUT2D eigenvalue weighted by molar-refractivity contribution is 6.42. The van der Waals surface area contributed by atoms with Gasteiger partial charge in [0.15, 0.2) is 0 Å². The van der Waals surface area contributed by atoms with Gasteiger partial charge in [0.05, 0.1) is 10.0 Å². The Kier molecular flexibility index (Phi) is 5.70. The van der Waals surface area contributed by atoms with Crippen molar-refractivity contribution >= 4 is 29.1 Å². The van der Waals surface area contributed by atoms with Gasteiger partial charge in [-0.05, 0) is 43.4 Å². The van der Waals surface area contributed by atoms with Gasteiger partial charge < -0.3 is 11.1 Å². The number of carbonyl (C=O) groups excluding carboxylic acids is 1. The molecular weight excluding hydrogens is 295 g/mol. The lowest BCUT2D eigenvalue weighted by molar-refractivity contribution is -0.125. The van der Waals surface area contributed by atoms with Gasteiger partial charge in [0.1, 0.15) is 0 Å². The van der Waals surface area contributed by atoms with Crippen molar-refractivity contribution in [1.29, 1.82) is 0 Å². The van der Waals surface area contributed by atoms with Gasteiger partial charge in [0.2, 0.25) is 5.91 Å². The van der Waals surface area contributed by atoms with E-state index in [0.29, 0.717) is 35.5 Å². The van der Waals surface area contributed by atoms with Crippen LogP contribution in [0.2, 0.25) is 10.0 Å². The molecule has 2 atom stereocenters. The lowest BCUT2D eigenvalue weighted by atomic mass is 9.95. The molecule has 0 unspecified atom stereocenters. The van der Waals surface area contributed by atoms with Crippen LogP contribution in [-0.2, 0) is 11.2 Å². The number of hydrogen-bond donors (Lipinski definition) is 2. The van der Waals surface area contributed by atoms with Crippen molar-refractivity contribution in [2.75, 3.05) is 13.1 Å². The van der Waals surface area contributed by atoms with Crippen LogP contribution in [0.1, 0.15) is 24.8 Å². The molecule has 2 rings (SSSR count). The van der Waals surface area contributed by atoms with Crippen LogP contribution in [-0.4, -0.2) is 19.0 Å². The summed E-state index contributed by atoms with van der Waals surface area (Å²) in [4.78, 5) is 12.1. The predicted octanol–water partition coefficient (Wildman–Crippen LogP) is 3.03. The maximum atomic E-state index is 12.1. The molecule has 3 nitrogen and oxygen atoms in total. The average molecular weight is 315 g/mol. The fourth-order valence-corrected chi connectivity index (χ4v) is 3.27. The van der Waals surface area contributed by atoms with Crippen molar-refractivity contribution in [3.05, 3.63) is 33.8 Å². The van der Waals surface area contributed by atoms with E-state index in [2.05, 4.69) is 5.32 Å². The third-order valence-corrected chi connectivity index (χ3v) is 4.88. The number of hydrogen-bond acceptors (Lipinski definition) is 2. The normalized spacial score (nSPS) is 21.9. The van der Waals surface area contributed by atoms with E-state index in [1.807, 2.05) is 12.1 Å². The molecule has 1 amide bonds. The van der Waals surface area contributed by atoms with E-state index in [1.54, 1.807) is 6.07 Å². The lowest BCUT2D eigenvalue weighted by Crippen LogP contribution is -2.36. The number of halogens is 2. The number of amides is 1. The molecule has 1 aliphatic carbocycles. The van der Waals surface area contributed by atoms with E-state index in [-0.39, 0.29) is 11.8 Å². The first kappa shape index (κ1) is 15.6. The first-order valence-corrected chi connectivity index (χ1v) is 7.79. The zero-order chi connectivity index (χ0) is 14.5. The maximum Gasteiger partial charge on any atom is 0.223 e. The molecule has 3 N–H and O–H groups in total. The van der Waals surface area contributed by atoms with Crippen LogP contribution in [0, 0.1) is 11.8 Å². The highest BCUT2D eigenvalue weighted by Crippen LogP contribution is 2.31. The summed E-state index contributed by atoms with van der Waals surface area (Å²) in [5.41, 5.74) is 6.67. The van der Waals surface area contributed by atoms with Gasteiger partial charge in [0, 0.05) is 12.5 Å². The molecule has 20 heavy (non-hydrogen) atoms. The van der Waals surface area contributed by atoms with Crippen molar-refractivity contribution in [3.63, 3.8) is 0 Å². The summed E-state index contributed by atoms with van der Waals surface area (Å²) in [5.74, 6) is 0.538. The summed E-state index contributed by atoms with van der Waals surface area (Å²) in [7, 11) is 0. The second-order valence-corrected chi connectivity index (χ2v) is 6.07. The van der Waals surface area contributed by atoms with Crippen molar-refractivity contribution in [1.82, 2.24) is 5.32 Å². The number of benzene rings is 1. The fraction of sp³-hybridized carbons (Fsp3) is 0.533. The Hall–Kier alpha value is -0.770. The highest BCUT2D eigenvalue weighted by atomic mass is 35.5. The third-order valence-electron chi connectivity index (χ3n) is 4.02. The first-order chi connectivity index (χ1) is 9.63. The second-order valence-electron chi connectivity index (χ2n) is 5.29. The van der Waals surface area contributed by atoms with Crippen LogP contribution in [0.3, 0.4) is 0 Å². The molecule has 1 aliphatic rings. The largest absolute Gasteiger partial charge is 0.356 e. The van der Waals surface area contributed by atoms with Gasteiger partial charge in [-0.2, -0.15) is 0 Å². The third kappa shape index (κ3) is 3.66. The van der Waals surface area contributed by atoms with Crippen molar-refractivity contribution in [2.45, 2.75) is 25.7 Å². The SMILES string of the molecule is NC[C@H]1CCC[C@H]1C(=O)NCCc1cccc(Cl)c1Cl. The molecule has 1 saturated carbocycles. The maximum absolute atomic E-state index is 12.1. The molecule has 0 bridgehead atoms. The molecule has 0 aromatic heterocycles. The molecule has 1 fully saturated rings. The summed E-state index contributed by atoms with van der Waals surface area (Å²) in [6.07, 6.45) is 3.80. The Balaban J connectivity index is 1.84. The van der Waals surface area contributed by atoms with E-state index in [9.17, 15) is 4.79 Å². The molecule has 0 aliphatic heterocycles. The number of nitrogens with two attached hydrogens (primary N) is 1. The first-order valence-electron chi connectivity index (χ1n) is 7.04. The van der Waals surface area contributed by atoms with Crippen LogP contribution in [0.15, 0.2) is 18.2 Å².